The van der Waals surface area contributed by atoms with Crippen LogP contribution in [-0.2, 0) is 44.9 Å². The summed E-state index contributed by atoms with van der Waals surface area (Å²) in [5, 5.41) is 0. The van der Waals surface area contributed by atoms with Crippen LogP contribution in [0.4, 0.5) is 0 Å². The van der Waals surface area contributed by atoms with Gasteiger partial charge in [-0.2, -0.15) is 0 Å². The number of methoxy groups -OCH3 is 3. The Morgan fingerprint density at radius 2 is 0.706 bits per heavy atom. The Kier molecular flexibility index (Phi) is 31.5. The number of ether oxygens (including phenoxy) is 3. The molecule has 7 aliphatic rings. The van der Waals surface area contributed by atoms with Crippen molar-refractivity contribution in [3.05, 3.63) is 228 Å². The van der Waals surface area contributed by atoms with Gasteiger partial charge in [-0.25, -0.2) is 0 Å². The van der Waals surface area contributed by atoms with Crippen LogP contribution in [0.1, 0.15) is 329 Å². The smallest absolute Gasteiger partial charge is 0.122 e. The summed E-state index contributed by atoms with van der Waals surface area (Å²) in [5.74, 6) is 14.7. The quantitative estimate of drug-likeness (QED) is 0.137. The molecule has 3 heteroatoms. The molecule has 14 rings (SSSR count). The van der Waals surface area contributed by atoms with Crippen molar-refractivity contribution in [2.75, 3.05) is 21.3 Å². The molecule has 7 aromatic carbocycles. The van der Waals surface area contributed by atoms with Gasteiger partial charge < -0.3 is 14.2 Å². The van der Waals surface area contributed by atoms with Crippen LogP contribution in [0, 0.1) is 75.0 Å². The van der Waals surface area contributed by atoms with Crippen LogP contribution in [-0.4, -0.2) is 21.3 Å². The predicted molar refractivity (Wildman–Crippen MR) is 442 cm³/mol. The zero-order valence-corrected chi connectivity index (χ0v) is 68.7. The zero-order valence-electron chi connectivity index (χ0n) is 68.7. The number of hydrogen-bond donors (Lipinski definition) is 0. The van der Waals surface area contributed by atoms with Gasteiger partial charge in [-0.15, -0.1) is 0 Å². The Balaban J connectivity index is 0.000000151. The first kappa shape index (κ1) is 81.6. The minimum atomic E-state index is 0.726. The van der Waals surface area contributed by atoms with E-state index in [1.807, 2.05) is 0 Å². The Morgan fingerprint density at radius 1 is 0.284 bits per heavy atom. The molecule has 0 N–H and O–H groups in total. The van der Waals surface area contributed by atoms with Gasteiger partial charge in [0.15, 0.2) is 0 Å². The molecular weight excluding hydrogens is 1240 g/mol. The van der Waals surface area contributed by atoms with E-state index >= 15 is 0 Å². The van der Waals surface area contributed by atoms with Gasteiger partial charge in [-0.05, 0) is 364 Å². The average molecular weight is 1380 g/mol. The van der Waals surface area contributed by atoms with Crippen LogP contribution in [0.3, 0.4) is 0 Å². The molecule has 0 aromatic heterocycles. The van der Waals surface area contributed by atoms with E-state index in [1.54, 1.807) is 71.4 Å². The van der Waals surface area contributed by atoms with Crippen molar-refractivity contribution >= 4 is 0 Å². The maximum absolute atomic E-state index is 5.44. The second-order valence-electron chi connectivity index (χ2n) is 34.6. The standard InChI is InChI=1S/C15H22.3C14H20O.3C14H20/c1-10(2)13-6-5-7-14-12(4)8-11(3)9-15(13)14;1-10(2)11-6-4-8-13-12(11)7-5-9-14(13)15-3;1-10(2)13-6-4-5-11-9-12(15-3)7-8-14(11)13;1-10(2)13-6-4-5-11-7-8-12(15-3)9-14(11)13;1-10(2)12-7-5-8-13-11(3)6-4-9-14(12)13;1-10(2)13-6-4-5-12-9-11(3)7-8-14(12)13;1-10(2)14-11(3)8-9-12-6-4-5-7-13(12)14/h8-10,13H,5-7H2,1-4H3;5,7,9-11H,4,6,8H2,1-3H3;2*7-10,13H,4-6H2,1-3H3;4,6,9-10,12H,5,7-8H2,1-3H3;7-10,13H,4-6H2,1-3H3;4-7,10-11,14H,8-9H2,1-3H3. The number of hydrogen-bond acceptors (Lipinski definition) is 3. The Labute approximate surface area is 625 Å². The highest BCUT2D eigenvalue weighted by Crippen LogP contribution is 2.45. The summed E-state index contributed by atoms with van der Waals surface area (Å²) in [4.78, 5) is 0. The maximum Gasteiger partial charge on any atom is 0.122 e. The molecule has 0 saturated heterocycles. The number of aryl methyl sites for hydroxylation is 8. The molecule has 0 spiro atoms. The van der Waals surface area contributed by atoms with Crippen molar-refractivity contribution in [1.29, 1.82) is 0 Å². The summed E-state index contributed by atoms with van der Waals surface area (Å²) < 4.78 is 16.0. The fourth-order valence-electron chi connectivity index (χ4n) is 19.5. The van der Waals surface area contributed by atoms with Crippen LogP contribution in [0.2, 0.25) is 0 Å². The van der Waals surface area contributed by atoms with Gasteiger partial charge in [0.1, 0.15) is 17.2 Å². The van der Waals surface area contributed by atoms with E-state index in [-0.39, 0.29) is 0 Å². The van der Waals surface area contributed by atoms with E-state index in [0.29, 0.717) is 0 Å². The molecule has 0 heterocycles. The third kappa shape index (κ3) is 21.4. The summed E-state index contributed by atoms with van der Waals surface area (Å²) in [6.07, 6.45) is 26.4. The second kappa shape index (κ2) is 39.3. The Hall–Kier alpha value is -6.06. The van der Waals surface area contributed by atoms with Crippen LogP contribution in [0.25, 0.3) is 0 Å². The van der Waals surface area contributed by atoms with Crippen molar-refractivity contribution < 1.29 is 14.2 Å². The molecule has 0 aliphatic heterocycles. The van der Waals surface area contributed by atoms with Gasteiger partial charge in [-0.3, -0.25) is 0 Å². The highest BCUT2D eigenvalue weighted by Gasteiger charge is 2.31. The third-order valence-electron chi connectivity index (χ3n) is 25.0. The van der Waals surface area contributed by atoms with E-state index in [0.717, 1.165) is 106 Å². The summed E-state index contributed by atoms with van der Waals surface area (Å²) in [6, 6.07) is 47.2. The van der Waals surface area contributed by atoms with E-state index in [4.69, 9.17) is 14.2 Å². The fraction of sp³-hybridized carbons (Fsp3) is 0.576. The van der Waals surface area contributed by atoms with Crippen LogP contribution >= 0.6 is 0 Å². The summed E-state index contributed by atoms with van der Waals surface area (Å²) in [7, 11) is 5.26. The molecule has 7 aromatic rings. The van der Waals surface area contributed by atoms with Gasteiger partial charge in [0.05, 0.1) is 21.3 Å². The maximum atomic E-state index is 5.44. The lowest BCUT2D eigenvalue weighted by Crippen LogP contribution is -2.22. The number of fused-ring (bicyclic) bond motifs is 7. The normalized spacial score (nSPS) is 21.3. The van der Waals surface area contributed by atoms with E-state index in [2.05, 4.69) is 259 Å². The summed E-state index contributed by atoms with van der Waals surface area (Å²) in [6.45, 7) is 44.1. The van der Waals surface area contributed by atoms with Crippen LogP contribution in [0.5, 0.6) is 17.2 Å². The molecule has 556 valence electrons. The molecular formula is C99H142O3. The summed E-state index contributed by atoms with van der Waals surface area (Å²) >= 11 is 0. The van der Waals surface area contributed by atoms with E-state index < -0.39 is 0 Å². The largest absolute Gasteiger partial charge is 0.497 e. The molecule has 0 saturated carbocycles. The second-order valence-corrected chi connectivity index (χ2v) is 34.6. The monoisotopic (exact) mass is 1380 g/mol. The molecule has 7 aliphatic carbocycles. The molecule has 8 unspecified atom stereocenters. The molecule has 0 amide bonds. The lowest BCUT2D eigenvalue weighted by Gasteiger charge is -2.34. The van der Waals surface area contributed by atoms with Gasteiger partial charge in [0.25, 0.3) is 0 Å². The van der Waals surface area contributed by atoms with Crippen LogP contribution in [0.15, 0.2) is 127 Å². The van der Waals surface area contributed by atoms with Crippen LogP contribution < -0.4 is 14.2 Å². The van der Waals surface area contributed by atoms with Gasteiger partial charge in [0.2, 0.25) is 0 Å². The molecule has 0 fully saturated rings. The van der Waals surface area contributed by atoms with Crippen molar-refractivity contribution in [3.63, 3.8) is 0 Å². The van der Waals surface area contributed by atoms with Crippen molar-refractivity contribution in [1.82, 2.24) is 0 Å². The Morgan fingerprint density at radius 3 is 1.25 bits per heavy atom. The molecule has 102 heavy (non-hydrogen) atoms. The minimum absolute atomic E-state index is 0.726. The first-order valence-electron chi connectivity index (χ1n) is 41.2. The average Bonchev–Trinajstić information content (AvgIpc) is 0.845. The predicted octanol–water partition coefficient (Wildman–Crippen LogP) is 27.8. The molecule has 0 bridgehead atoms. The van der Waals surface area contributed by atoms with Gasteiger partial charge in [0, 0.05) is 0 Å². The summed E-state index contributed by atoms with van der Waals surface area (Å²) in [5.41, 5.74) is 27.9. The first-order valence-corrected chi connectivity index (χ1v) is 41.2. The minimum Gasteiger partial charge on any atom is -0.497 e. The fourth-order valence-corrected chi connectivity index (χ4v) is 19.5. The highest BCUT2D eigenvalue weighted by atomic mass is 16.5. The van der Waals surface area contributed by atoms with Crippen molar-refractivity contribution in [3.8, 4) is 17.2 Å². The lowest BCUT2D eigenvalue weighted by atomic mass is 9.71. The number of rotatable bonds is 10. The SMILES string of the molecule is CC(C)C1c2ccccc2CCC1C.COc1ccc2c(c1)C(C(C)C)CCC2.COc1ccc2c(c1)CCCC2C(C)C.COc1cccc2c1CCCC2C(C)C.Cc1cc(C)c2c(c1)C(C(C)C)CCC2.Cc1ccc2c(c1)CCCC2C(C)C.Cc1cccc2c1CCCC2C(C)C. The lowest BCUT2D eigenvalue weighted by molar-refractivity contribution is 0.327. The number of benzene rings is 7. The third-order valence-corrected chi connectivity index (χ3v) is 25.0. The zero-order chi connectivity index (χ0) is 73.9. The molecule has 3 nitrogen and oxygen atoms in total. The molecule has 8 atom stereocenters. The van der Waals surface area contributed by atoms with E-state index in [1.165, 1.54) is 178 Å². The van der Waals surface area contributed by atoms with Gasteiger partial charge >= 0.3 is 0 Å². The van der Waals surface area contributed by atoms with Crippen molar-refractivity contribution in [2.45, 2.75) is 301 Å². The first-order chi connectivity index (χ1) is 48.8. The van der Waals surface area contributed by atoms with E-state index in [9.17, 15) is 0 Å². The highest BCUT2D eigenvalue weighted by molar-refractivity contribution is 5.46. The Bertz CT molecular complexity index is 3690. The topological polar surface area (TPSA) is 27.7 Å². The van der Waals surface area contributed by atoms with Gasteiger partial charge in [-0.1, -0.05) is 212 Å². The van der Waals surface area contributed by atoms with Crippen molar-refractivity contribution in [2.24, 2.45) is 47.3 Å². The molecule has 0 radical (unpaired) electrons.